The molecule has 0 N–H and O–H groups in total. The Bertz CT molecular complexity index is 934. The molecule has 0 saturated heterocycles. The van der Waals surface area contributed by atoms with Gasteiger partial charge in [0.15, 0.2) is 5.82 Å². The first-order chi connectivity index (χ1) is 14.3. The van der Waals surface area contributed by atoms with E-state index in [4.69, 9.17) is 16.3 Å². The lowest BCUT2D eigenvalue weighted by molar-refractivity contribution is -0.154. The monoisotopic (exact) mass is 439 g/mol. The molecule has 1 unspecified atom stereocenters. The Morgan fingerprint density at radius 1 is 1.27 bits per heavy atom. The fraction of sp³-hybridized carbons (Fsp3) is 0.455. The van der Waals surface area contributed by atoms with Crippen LogP contribution in [0.15, 0.2) is 30.5 Å². The third kappa shape index (κ3) is 3.87. The summed E-state index contributed by atoms with van der Waals surface area (Å²) in [6, 6.07) is 5.48. The lowest BCUT2D eigenvalue weighted by Gasteiger charge is -2.63. The van der Waals surface area contributed by atoms with E-state index in [0.717, 1.165) is 31.2 Å². The molecule has 1 aromatic heterocycles. The van der Waals surface area contributed by atoms with E-state index in [2.05, 4.69) is 9.72 Å². The summed E-state index contributed by atoms with van der Waals surface area (Å²) < 4.78 is 49.8. The van der Waals surface area contributed by atoms with Crippen LogP contribution in [0, 0.1) is 17.2 Å². The van der Waals surface area contributed by atoms with E-state index in [-0.39, 0.29) is 39.9 Å². The first kappa shape index (κ1) is 21.0. The molecule has 2 aromatic rings. The Labute approximate surface area is 177 Å². The molecule has 0 radical (unpaired) electrons. The molecule has 0 aliphatic heterocycles. The second kappa shape index (κ2) is 8.10. The van der Waals surface area contributed by atoms with Gasteiger partial charge in [0.05, 0.1) is 28.8 Å². The standard InChI is InChI=1S/C22H21ClF3NO3/c1-2-29-20(28)14(10-22-7-12(8-22)9-22)16-5-3-13(11-27-16)18-17(30-21(25)26)6-4-15(23)19(18)24/h3-6,11-12,14,21H,2,7-10H2,1H3. The van der Waals surface area contributed by atoms with Crippen molar-refractivity contribution in [2.75, 3.05) is 6.61 Å². The topological polar surface area (TPSA) is 48.4 Å². The Kier molecular flexibility index (Phi) is 5.66. The Morgan fingerprint density at radius 2 is 2.00 bits per heavy atom. The minimum absolute atomic E-state index is 0.194. The summed E-state index contributed by atoms with van der Waals surface area (Å²) in [5, 5.41) is -0.219. The van der Waals surface area contributed by atoms with E-state index in [1.54, 1.807) is 13.0 Å². The minimum atomic E-state index is -3.11. The van der Waals surface area contributed by atoms with E-state index >= 15 is 0 Å². The number of hydrogen-bond acceptors (Lipinski definition) is 4. The number of carbonyl (C=O) groups excluding carboxylic acids is 1. The van der Waals surface area contributed by atoms with Crippen molar-refractivity contribution >= 4 is 17.6 Å². The van der Waals surface area contributed by atoms with E-state index < -0.39 is 18.3 Å². The van der Waals surface area contributed by atoms with Gasteiger partial charge in [0, 0.05) is 11.8 Å². The number of halogens is 4. The first-order valence-electron chi connectivity index (χ1n) is 9.87. The van der Waals surface area contributed by atoms with Crippen molar-refractivity contribution in [1.29, 1.82) is 0 Å². The number of esters is 1. The van der Waals surface area contributed by atoms with E-state index in [1.165, 1.54) is 18.3 Å². The SMILES string of the molecule is CCOC(=O)C(CC12CC(C1)C2)c1ccc(-c2c(OC(F)F)ccc(Cl)c2F)cn1. The van der Waals surface area contributed by atoms with Crippen LogP contribution in [0.25, 0.3) is 11.1 Å². The molecule has 3 aliphatic carbocycles. The quantitative estimate of drug-likeness (QED) is 0.475. The van der Waals surface area contributed by atoms with Crippen LogP contribution < -0.4 is 4.74 Å². The molecule has 160 valence electrons. The Morgan fingerprint density at radius 3 is 2.53 bits per heavy atom. The number of aromatic nitrogens is 1. The summed E-state index contributed by atoms with van der Waals surface area (Å²) in [6.07, 6.45) is 5.39. The number of ether oxygens (including phenoxy) is 2. The number of nitrogens with zero attached hydrogens (tertiary/aromatic N) is 1. The minimum Gasteiger partial charge on any atom is -0.465 e. The van der Waals surface area contributed by atoms with Crippen LogP contribution in [0.5, 0.6) is 5.75 Å². The molecular weight excluding hydrogens is 419 g/mol. The van der Waals surface area contributed by atoms with Crippen molar-refractivity contribution in [2.24, 2.45) is 11.3 Å². The molecule has 3 saturated carbocycles. The van der Waals surface area contributed by atoms with Crippen LogP contribution in [0.1, 0.15) is 44.2 Å². The second-order valence-corrected chi connectivity index (χ2v) is 8.48. The molecule has 0 amide bonds. The molecular formula is C22H21ClF3NO3. The summed E-state index contributed by atoms with van der Waals surface area (Å²) in [5.41, 5.74) is 0.733. The average Bonchev–Trinajstić information content (AvgIpc) is 2.63. The number of pyridine rings is 1. The highest BCUT2D eigenvalue weighted by Gasteiger charge is 2.57. The van der Waals surface area contributed by atoms with Gasteiger partial charge in [-0.1, -0.05) is 17.7 Å². The smallest absolute Gasteiger partial charge is 0.387 e. The van der Waals surface area contributed by atoms with Crippen molar-refractivity contribution in [3.05, 3.63) is 47.0 Å². The van der Waals surface area contributed by atoms with E-state index in [1.807, 2.05) is 0 Å². The summed E-state index contributed by atoms with van der Waals surface area (Å²) >= 11 is 5.83. The van der Waals surface area contributed by atoms with E-state index in [0.29, 0.717) is 12.1 Å². The third-order valence-corrected chi connectivity index (χ3v) is 6.37. The molecule has 30 heavy (non-hydrogen) atoms. The molecule has 3 aliphatic rings. The first-order valence-corrected chi connectivity index (χ1v) is 10.3. The van der Waals surface area contributed by atoms with E-state index in [9.17, 15) is 18.0 Å². The number of hydrogen-bond donors (Lipinski definition) is 0. The van der Waals surface area contributed by atoms with Gasteiger partial charge in [0.25, 0.3) is 0 Å². The molecule has 8 heteroatoms. The van der Waals surface area contributed by atoms with Crippen LogP contribution in [-0.4, -0.2) is 24.2 Å². The second-order valence-electron chi connectivity index (χ2n) is 8.07. The number of alkyl halides is 2. The van der Waals surface area contributed by atoms with Crippen LogP contribution >= 0.6 is 11.6 Å². The highest BCUT2D eigenvalue weighted by Crippen LogP contribution is 2.67. The van der Waals surface area contributed by atoms with Crippen molar-refractivity contribution < 1.29 is 27.4 Å². The summed E-state index contributed by atoms with van der Waals surface area (Å²) in [6.45, 7) is -1.10. The predicted octanol–water partition coefficient (Wildman–Crippen LogP) is 5.98. The average molecular weight is 440 g/mol. The van der Waals surface area contributed by atoms with Crippen molar-refractivity contribution in [3.8, 4) is 16.9 Å². The zero-order valence-corrected chi connectivity index (χ0v) is 17.1. The van der Waals surface area contributed by atoms with Crippen LogP contribution in [0.4, 0.5) is 13.2 Å². The maximum absolute atomic E-state index is 14.6. The molecule has 5 rings (SSSR count). The van der Waals surface area contributed by atoms with Crippen LogP contribution in [0.3, 0.4) is 0 Å². The fourth-order valence-electron chi connectivity index (χ4n) is 4.65. The zero-order chi connectivity index (χ0) is 21.5. The Hall–Kier alpha value is -2.28. The van der Waals surface area contributed by atoms with Gasteiger partial charge in [-0.2, -0.15) is 8.78 Å². The van der Waals surface area contributed by atoms with Gasteiger partial charge >= 0.3 is 12.6 Å². The van der Waals surface area contributed by atoms with Gasteiger partial charge in [0.2, 0.25) is 0 Å². The van der Waals surface area contributed by atoms with Gasteiger partial charge < -0.3 is 9.47 Å². The molecule has 1 aromatic carbocycles. The number of carbonyl (C=O) groups is 1. The van der Waals surface area contributed by atoms with Crippen molar-refractivity contribution in [2.45, 2.75) is 45.1 Å². The lowest BCUT2D eigenvalue weighted by Crippen LogP contribution is -2.52. The van der Waals surface area contributed by atoms with Gasteiger partial charge in [-0.05, 0) is 62.1 Å². The fourth-order valence-corrected chi connectivity index (χ4v) is 4.81. The molecule has 1 heterocycles. The highest BCUT2D eigenvalue weighted by molar-refractivity contribution is 6.31. The normalized spacial score (nSPS) is 22.8. The van der Waals surface area contributed by atoms with Crippen molar-refractivity contribution in [1.82, 2.24) is 4.98 Å². The molecule has 0 spiro atoms. The molecule has 4 nitrogen and oxygen atoms in total. The maximum Gasteiger partial charge on any atom is 0.387 e. The zero-order valence-electron chi connectivity index (χ0n) is 16.3. The largest absolute Gasteiger partial charge is 0.465 e. The van der Waals surface area contributed by atoms with Crippen LogP contribution in [-0.2, 0) is 9.53 Å². The number of rotatable bonds is 8. The summed E-state index contributed by atoms with van der Waals surface area (Å²) in [4.78, 5) is 16.9. The summed E-state index contributed by atoms with van der Waals surface area (Å²) in [5.74, 6) is -1.28. The predicted molar refractivity (Wildman–Crippen MR) is 105 cm³/mol. The van der Waals surface area contributed by atoms with Gasteiger partial charge in [-0.3, -0.25) is 9.78 Å². The third-order valence-electron chi connectivity index (χ3n) is 6.08. The van der Waals surface area contributed by atoms with Gasteiger partial charge in [-0.15, -0.1) is 0 Å². The molecule has 3 fully saturated rings. The van der Waals surface area contributed by atoms with Gasteiger partial charge in [0.1, 0.15) is 5.75 Å². The summed E-state index contributed by atoms with van der Waals surface area (Å²) in [7, 11) is 0. The van der Waals surface area contributed by atoms with Gasteiger partial charge in [-0.25, -0.2) is 4.39 Å². The van der Waals surface area contributed by atoms with Crippen LogP contribution in [0.2, 0.25) is 5.02 Å². The maximum atomic E-state index is 14.6. The highest BCUT2D eigenvalue weighted by atomic mass is 35.5. The molecule has 1 atom stereocenters. The molecule has 2 bridgehead atoms. The number of benzene rings is 1. The van der Waals surface area contributed by atoms with Crippen molar-refractivity contribution in [3.63, 3.8) is 0 Å². The Balaban J connectivity index is 1.64. The lowest BCUT2D eigenvalue weighted by atomic mass is 9.42.